The van der Waals surface area contributed by atoms with E-state index in [-0.39, 0.29) is 11.9 Å². The van der Waals surface area contributed by atoms with Gasteiger partial charge in [-0.3, -0.25) is 4.79 Å². The van der Waals surface area contributed by atoms with Crippen molar-refractivity contribution in [2.75, 3.05) is 13.7 Å². The molecule has 1 aliphatic heterocycles. The number of rotatable bonds is 4. The van der Waals surface area contributed by atoms with Crippen LogP contribution in [0.15, 0.2) is 35.7 Å². The molecule has 0 bridgehead atoms. The van der Waals surface area contributed by atoms with Crippen molar-refractivity contribution in [3.8, 4) is 0 Å². The minimum atomic E-state index is 0.127. The van der Waals surface area contributed by atoms with E-state index in [1.165, 1.54) is 10.4 Å². The summed E-state index contributed by atoms with van der Waals surface area (Å²) >= 11 is 1.81. The van der Waals surface area contributed by atoms with Crippen molar-refractivity contribution < 1.29 is 9.53 Å². The Morgan fingerprint density at radius 3 is 3.05 bits per heavy atom. The molecule has 2 aromatic rings. The van der Waals surface area contributed by atoms with Gasteiger partial charge in [0, 0.05) is 24.1 Å². The summed E-state index contributed by atoms with van der Waals surface area (Å²) in [7, 11) is 1.67. The van der Waals surface area contributed by atoms with Crippen LogP contribution in [0.4, 0.5) is 0 Å². The molecule has 0 saturated carbocycles. The molecule has 0 radical (unpaired) electrons. The van der Waals surface area contributed by atoms with Crippen LogP contribution < -0.4 is 0 Å². The van der Waals surface area contributed by atoms with Crippen LogP contribution in [0.1, 0.15) is 45.7 Å². The van der Waals surface area contributed by atoms with Crippen LogP contribution in [0, 0.1) is 0 Å². The van der Waals surface area contributed by atoms with Crippen LogP contribution in [0.2, 0.25) is 0 Å². The van der Waals surface area contributed by atoms with Gasteiger partial charge >= 0.3 is 0 Å². The Hall–Kier alpha value is -1.65. The lowest BCUT2D eigenvalue weighted by Gasteiger charge is -2.35. The van der Waals surface area contributed by atoms with Crippen LogP contribution in [0.5, 0.6) is 0 Å². The number of hydrogen-bond donors (Lipinski definition) is 0. The van der Waals surface area contributed by atoms with Crippen molar-refractivity contribution in [2.45, 2.75) is 32.4 Å². The number of amides is 1. The Balaban J connectivity index is 1.87. The lowest BCUT2D eigenvalue weighted by atomic mass is 9.96. The average molecular weight is 315 g/mol. The van der Waals surface area contributed by atoms with Gasteiger partial charge in [0.1, 0.15) is 0 Å². The maximum atomic E-state index is 12.9. The third-order valence-corrected chi connectivity index (χ3v) is 5.22. The van der Waals surface area contributed by atoms with Crippen LogP contribution in [-0.4, -0.2) is 24.5 Å². The molecular formula is C18H21NO2S. The van der Waals surface area contributed by atoms with Gasteiger partial charge in [-0.1, -0.05) is 19.1 Å². The number of thiophene rings is 1. The van der Waals surface area contributed by atoms with Gasteiger partial charge in [0.25, 0.3) is 5.91 Å². The molecule has 4 heteroatoms. The number of methoxy groups -OCH3 is 1. The second-order valence-corrected chi connectivity index (χ2v) is 6.61. The highest BCUT2D eigenvalue weighted by Crippen LogP contribution is 2.36. The molecule has 0 saturated heterocycles. The van der Waals surface area contributed by atoms with Gasteiger partial charge < -0.3 is 9.64 Å². The van der Waals surface area contributed by atoms with Crippen molar-refractivity contribution in [2.24, 2.45) is 0 Å². The van der Waals surface area contributed by atoms with Gasteiger partial charge in [0.15, 0.2) is 0 Å². The molecule has 3 nitrogen and oxygen atoms in total. The molecule has 116 valence electrons. The van der Waals surface area contributed by atoms with Gasteiger partial charge in [-0.05, 0) is 47.5 Å². The zero-order valence-electron chi connectivity index (χ0n) is 13.0. The lowest BCUT2D eigenvalue weighted by molar-refractivity contribution is 0.0657. The van der Waals surface area contributed by atoms with Crippen molar-refractivity contribution in [1.82, 2.24) is 4.90 Å². The fraction of sp³-hybridized carbons (Fsp3) is 0.389. The molecule has 1 unspecified atom stereocenters. The highest BCUT2D eigenvalue weighted by atomic mass is 32.1. The summed E-state index contributed by atoms with van der Waals surface area (Å²) in [5.74, 6) is 0.127. The zero-order valence-corrected chi connectivity index (χ0v) is 13.9. The predicted octanol–water partition coefficient (Wildman–Crippen LogP) is 4.04. The Bertz CT molecular complexity index is 665. The van der Waals surface area contributed by atoms with E-state index in [2.05, 4.69) is 18.4 Å². The number of benzene rings is 1. The van der Waals surface area contributed by atoms with Crippen LogP contribution >= 0.6 is 11.3 Å². The third kappa shape index (κ3) is 2.81. The molecule has 1 aliphatic rings. The minimum Gasteiger partial charge on any atom is -0.380 e. The maximum absolute atomic E-state index is 12.9. The molecule has 0 fully saturated rings. The largest absolute Gasteiger partial charge is 0.380 e. The van der Waals surface area contributed by atoms with Gasteiger partial charge in [0.2, 0.25) is 0 Å². The molecule has 1 atom stereocenters. The number of carbonyl (C=O) groups is 1. The predicted molar refractivity (Wildman–Crippen MR) is 89.2 cm³/mol. The van der Waals surface area contributed by atoms with E-state index in [1.54, 1.807) is 7.11 Å². The first-order valence-electron chi connectivity index (χ1n) is 7.69. The Morgan fingerprint density at radius 1 is 1.41 bits per heavy atom. The number of nitrogens with zero attached hydrogens (tertiary/aromatic N) is 1. The van der Waals surface area contributed by atoms with E-state index in [1.807, 2.05) is 40.5 Å². The molecule has 0 aliphatic carbocycles. The van der Waals surface area contributed by atoms with Crippen molar-refractivity contribution in [3.63, 3.8) is 0 Å². The molecule has 1 aromatic heterocycles. The van der Waals surface area contributed by atoms with E-state index in [0.717, 1.165) is 30.5 Å². The van der Waals surface area contributed by atoms with Crippen molar-refractivity contribution in [3.05, 3.63) is 57.3 Å². The van der Waals surface area contributed by atoms with E-state index >= 15 is 0 Å². The Morgan fingerprint density at radius 2 is 2.27 bits per heavy atom. The van der Waals surface area contributed by atoms with E-state index in [0.29, 0.717) is 6.61 Å². The summed E-state index contributed by atoms with van der Waals surface area (Å²) in [5.41, 5.74) is 3.13. The highest BCUT2D eigenvalue weighted by molar-refractivity contribution is 7.10. The summed E-state index contributed by atoms with van der Waals surface area (Å²) in [5, 5.41) is 2.14. The second-order valence-electron chi connectivity index (χ2n) is 5.61. The molecule has 3 rings (SSSR count). The van der Waals surface area contributed by atoms with Crippen molar-refractivity contribution in [1.29, 1.82) is 0 Å². The Kier molecular flexibility index (Phi) is 4.60. The third-order valence-electron chi connectivity index (χ3n) is 4.23. The quantitative estimate of drug-likeness (QED) is 0.852. The minimum absolute atomic E-state index is 0.127. The monoisotopic (exact) mass is 315 g/mol. The molecular weight excluding hydrogens is 294 g/mol. The summed E-state index contributed by atoms with van der Waals surface area (Å²) in [6.45, 7) is 3.49. The van der Waals surface area contributed by atoms with Gasteiger partial charge in [-0.15, -0.1) is 11.3 Å². The van der Waals surface area contributed by atoms with E-state index in [9.17, 15) is 4.79 Å². The van der Waals surface area contributed by atoms with Crippen LogP contribution in [0.25, 0.3) is 0 Å². The average Bonchev–Trinajstić information content (AvgIpc) is 3.02. The zero-order chi connectivity index (χ0) is 15.5. The first kappa shape index (κ1) is 15.3. The van der Waals surface area contributed by atoms with Gasteiger partial charge in [-0.25, -0.2) is 0 Å². The van der Waals surface area contributed by atoms with Crippen LogP contribution in [-0.2, 0) is 17.8 Å². The fourth-order valence-electron chi connectivity index (χ4n) is 3.21. The van der Waals surface area contributed by atoms with Gasteiger partial charge in [0.05, 0.1) is 12.6 Å². The number of carbonyl (C=O) groups excluding carboxylic acids is 1. The molecule has 1 aromatic carbocycles. The molecule has 0 N–H and O–H groups in total. The SMILES string of the molecule is CCC1c2ccsc2CCN1C(=O)c1cccc(COC)c1. The highest BCUT2D eigenvalue weighted by Gasteiger charge is 2.30. The summed E-state index contributed by atoms with van der Waals surface area (Å²) in [4.78, 5) is 16.4. The standard InChI is InChI=1S/C18H21NO2S/c1-3-16-15-8-10-22-17(15)7-9-19(16)18(20)14-6-4-5-13(11-14)12-21-2/h4-6,8,10-11,16H,3,7,9,12H2,1-2H3. The summed E-state index contributed by atoms with van der Waals surface area (Å²) < 4.78 is 5.16. The van der Waals surface area contributed by atoms with Gasteiger partial charge in [-0.2, -0.15) is 0 Å². The van der Waals surface area contributed by atoms with Crippen LogP contribution in [0.3, 0.4) is 0 Å². The first-order valence-corrected chi connectivity index (χ1v) is 8.57. The van der Waals surface area contributed by atoms with E-state index < -0.39 is 0 Å². The summed E-state index contributed by atoms with van der Waals surface area (Å²) in [6, 6.07) is 10.1. The maximum Gasteiger partial charge on any atom is 0.254 e. The molecule has 2 heterocycles. The number of fused-ring (bicyclic) bond motifs is 1. The number of hydrogen-bond acceptors (Lipinski definition) is 3. The Labute approximate surface area is 135 Å². The van der Waals surface area contributed by atoms with Crippen molar-refractivity contribution >= 4 is 17.2 Å². The first-order chi connectivity index (χ1) is 10.7. The number of ether oxygens (including phenoxy) is 1. The topological polar surface area (TPSA) is 29.5 Å². The molecule has 22 heavy (non-hydrogen) atoms. The summed E-state index contributed by atoms with van der Waals surface area (Å²) in [6.07, 6.45) is 1.92. The fourth-order valence-corrected chi connectivity index (χ4v) is 4.13. The second kappa shape index (κ2) is 6.63. The normalized spacial score (nSPS) is 17.4. The van der Waals surface area contributed by atoms with E-state index in [4.69, 9.17) is 4.74 Å². The molecule has 0 spiro atoms. The smallest absolute Gasteiger partial charge is 0.254 e. The lowest BCUT2D eigenvalue weighted by Crippen LogP contribution is -2.39. The molecule has 1 amide bonds.